The van der Waals surface area contributed by atoms with Gasteiger partial charge in [0, 0.05) is 11.8 Å². The Bertz CT molecular complexity index is 891. The van der Waals surface area contributed by atoms with Gasteiger partial charge in [-0.2, -0.15) is 0 Å². The molecule has 0 saturated heterocycles. The van der Waals surface area contributed by atoms with Crippen molar-refractivity contribution in [1.29, 1.82) is 0 Å². The number of carbonyl (C=O) groups is 2. The molecular formula is C20H25ClN2O5. The summed E-state index contributed by atoms with van der Waals surface area (Å²) in [5.41, 5.74) is 2.47. The van der Waals surface area contributed by atoms with Crippen molar-refractivity contribution in [2.45, 2.75) is 33.7 Å². The van der Waals surface area contributed by atoms with Crippen molar-refractivity contribution in [3.8, 4) is 11.5 Å². The molecule has 28 heavy (non-hydrogen) atoms. The average molecular weight is 409 g/mol. The maximum atomic E-state index is 13.0. The van der Waals surface area contributed by atoms with Crippen molar-refractivity contribution in [2.24, 2.45) is 0 Å². The van der Waals surface area contributed by atoms with Gasteiger partial charge in [-0.1, -0.05) is 11.6 Å². The standard InChI is InChI=1S/C20H25ClN2O5/c1-7-28-20(25)17-10(2)18(23-11(17)3)19(24)12(4)22-14-8-13(21)15(26-5)9-16(14)27-6/h8-9,12,22-23H,7H2,1-6H3. The number of ether oxygens (including phenoxy) is 3. The van der Waals surface area contributed by atoms with Gasteiger partial charge >= 0.3 is 5.97 Å². The van der Waals surface area contributed by atoms with Crippen molar-refractivity contribution in [3.05, 3.63) is 39.7 Å². The van der Waals surface area contributed by atoms with E-state index >= 15 is 0 Å². The van der Waals surface area contributed by atoms with E-state index in [9.17, 15) is 9.59 Å². The van der Waals surface area contributed by atoms with Gasteiger partial charge < -0.3 is 24.5 Å². The van der Waals surface area contributed by atoms with Crippen molar-refractivity contribution < 1.29 is 23.8 Å². The van der Waals surface area contributed by atoms with Crippen molar-refractivity contribution in [2.75, 3.05) is 26.1 Å². The topological polar surface area (TPSA) is 89.7 Å². The molecule has 0 bridgehead atoms. The first-order valence-electron chi connectivity index (χ1n) is 8.83. The predicted molar refractivity (Wildman–Crippen MR) is 108 cm³/mol. The minimum atomic E-state index is -0.606. The van der Waals surface area contributed by atoms with Gasteiger partial charge in [-0.3, -0.25) is 4.79 Å². The van der Waals surface area contributed by atoms with Crippen LogP contribution in [0.2, 0.25) is 5.02 Å². The lowest BCUT2D eigenvalue weighted by Crippen LogP contribution is -2.27. The van der Waals surface area contributed by atoms with Crippen molar-refractivity contribution in [3.63, 3.8) is 0 Å². The first kappa shape index (κ1) is 21.6. The molecule has 1 heterocycles. The zero-order valence-electron chi connectivity index (χ0n) is 16.9. The first-order valence-corrected chi connectivity index (χ1v) is 9.21. The Morgan fingerprint density at radius 3 is 2.39 bits per heavy atom. The molecule has 0 spiro atoms. The van der Waals surface area contributed by atoms with Crippen molar-refractivity contribution in [1.82, 2.24) is 4.98 Å². The minimum absolute atomic E-state index is 0.204. The summed E-state index contributed by atoms with van der Waals surface area (Å²) in [7, 11) is 3.03. The molecule has 0 amide bonds. The van der Waals surface area contributed by atoms with Crippen LogP contribution in [0.3, 0.4) is 0 Å². The fourth-order valence-corrected chi connectivity index (χ4v) is 3.23. The zero-order valence-corrected chi connectivity index (χ0v) is 17.6. The van der Waals surface area contributed by atoms with Crippen LogP contribution in [-0.2, 0) is 4.74 Å². The number of H-pyrrole nitrogens is 1. The number of nitrogens with one attached hydrogen (secondary N) is 2. The third kappa shape index (κ3) is 4.25. The van der Waals surface area contributed by atoms with E-state index in [1.165, 1.54) is 14.2 Å². The Kier molecular flexibility index (Phi) is 6.96. The molecule has 7 nitrogen and oxygen atoms in total. The second-order valence-corrected chi connectivity index (χ2v) is 6.67. The lowest BCUT2D eigenvalue weighted by Gasteiger charge is -2.18. The van der Waals surface area contributed by atoms with Crippen LogP contribution in [0, 0.1) is 13.8 Å². The third-order valence-corrected chi connectivity index (χ3v) is 4.70. The summed E-state index contributed by atoms with van der Waals surface area (Å²) < 4.78 is 15.6. The summed E-state index contributed by atoms with van der Waals surface area (Å²) in [6.07, 6.45) is 0. The monoisotopic (exact) mass is 408 g/mol. The zero-order chi connectivity index (χ0) is 21.0. The second kappa shape index (κ2) is 9.01. The van der Waals surface area contributed by atoms with Gasteiger partial charge in [-0.15, -0.1) is 0 Å². The van der Waals surface area contributed by atoms with Crippen LogP contribution in [0.25, 0.3) is 0 Å². The van der Waals surface area contributed by atoms with Crippen LogP contribution in [-0.4, -0.2) is 43.6 Å². The number of halogens is 1. The molecule has 1 aromatic carbocycles. The molecule has 2 rings (SSSR count). The molecule has 152 valence electrons. The third-order valence-electron chi connectivity index (χ3n) is 4.40. The van der Waals surface area contributed by atoms with Crippen molar-refractivity contribution >= 4 is 29.0 Å². The number of aromatic amines is 1. The molecule has 1 atom stereocenters. The van der Waals surface area contributed by atoms with Crippen LogP contribution in [0.5, 0.6) is 11.5 Å². The highest BCUT2D eigenvalue weighted by atomic mass is 35.5. The predicted octanol–water partition coefficient (Wildman–Crippen LogP) is 4.16. The number of ketones is 1. The van der Waals surface area contributed by atoms with E-state index in [2.05, 4.69) is 10.3 Å². The van der Waals surface area contributed by atoms with Gasteiger partial charge in [0.15, 0.2) is 0 Å². The number of hydrogen-bond donors (Lipinski definition) is 2. The quantitative estimate of drug-likeness (QED) is 0.503. The molecular weight excluding hydrogens is 384 g/mol. The largest absolute Gasteiger partial charge is 0.495 e. The first-order chi connectivity index (χ1) is 13.2. The van der Waals surface area contributed by atoms with E-state index in [0.29, 0.717) is 44.7 Å². The molecule has 8 heteroatoms. The molecule has 2 N–H and O–H groups in total. The fraction of sp³-hybridized carbons (Fsp3) is 0.400. The van der Waals surface area contributed by atoms with Crippen LogP contribution in [0.4, 0.5) is 5.69 Å². The summed E-state index contributed by atoms with van der Waals surface area (Å²) in [6.45, 7) is 7.18. The molecule has 1 aromatic heterocycles. The van der Waals surface area contributed by atoms with Gasteiger partial charge in [0.05, 0.1) is 48.8 Å². The summed E-state index contributed by atoms with van der Waals surface area (Å²) >= 11 is 6.19. The Morgan fingerprint density at radius 1 is 1.18 bits per heavy atom. The molecule has 0 aliphatic rings. The average Bonchev–Trinajstić information content (AvgIpc) is 2.95. The van der Waals surface area contributed by atoms with E-state index in [0.717, 1.165) is 0 Å². The number of rotatable bonds is 8. The Hall–Kier alpha value is -2.67. The van der Waals surface area contributed by atoms with Gasteiger partial charge in [0.2, 0.25) is 5.78 Å². The second-order valence-electron chi connectivity index (χ2n) is 6.26. The molecule has 0 radical (unpaired) electrons. The van der Waals surface area contributed by atoms with E-state index in [1.54, 1.807) is 39.8 Å². The van der Waals surface area contributed by atoms with E-state index in [4.69, 9.17) is 25.8 Å². The molecule has 0 aliphatic carbocycles. The number of aryl methyl sites for hydroxylation is 1. The summed E-state index contributed by atoms with van der Waals surface area (Å²) in [4.78, 5) is 28.1. The number of carbonyl (C=O) groups excluding carboxylic acids is 2. The molecule has 0 fully saturated rings. The maximum Gasteiger partial charge on any atom is 0.340 e. The maximum absolute atomic E-state index is 13.0. The van der Waals surface area contributed by atoms with Crippen LogP contribution in [0.1, 0.15) is 46.0 Å². The van der Waals surface area contributed by atoms with E-state index in [1.807, 2.05) is 0 Å². The molecule has 1 unspecified atom stereocenters. The highest BCUT2D eigenvalue weighted by Gasteiger charge is 2.26. The summed E-state index contributed by atoms with van der Waals surface area (Å²) in [6, 6.07) is 2.68. The fourth-order valence-electron chi connectivity index (χ4n) is 2.99. The Morgan fingerprint density at radius 2 is 1.82 bits per heavy atom. The van der Waals surface area contributed by atoms with Gasteiger partial charge in [-0.05, 0) is 39.3 Å². The normalized spacial score (nSPS) is 11.7. The van der Waals surface area contributed by atoms with E-state index < -0.39 is 12.0 Å². The summed E-state index contributed by atoms with van der Waals surface area (Å²) in [5, 5.41) is 3.50. The van der Waals surface area contributed by atoms with Gasteiger partial charge in [0.1, 0.15) is 11.5 Å². The smallest absolute Gasteiger partial charge is 0.340 e. The number of benzene rings is 1. The lowest BCUT2D eigenvalue weighted by molar-refractivity contribution is 0.0525. The molecule has 2 aromatic rings. The van der Waals surface area contributed by atoms with Gasteiger partial charge in [0.25, 0.3) is 0 Å². The number of hydrogen-bond acceptors (Lipinski definition) is 6. The Balaban J connectivity index is 2.30. The number of esters is 1. The number of methoxy groups -OCH3 is 2. The number of aromatic nitrogens is 1. The lowest BCUT2D eigenvalue weighted by atomic mass is 10.0. The number of Topliss-reactive ketones (excluding diaryl/α,β-unsaturated/α-hetero) is 1. The van der Waals surface area contributed by atoms with Crippen LogP contribution >= 0.6 is 11.6 Å². The van der Waals surface area contributed by atoms with Gasteiger partial charge in [-0.25, -0.2) is 4.79 Å². The highest BCUT2D eigenvalue weighted by Crippen LogP contribution is 2.36. The SMILES string of the molecule is CCOC(=O)c1c(C)[nH]c(C(=O)C(C)Nc2cc(Cl)c(OC)cc2OC)c1C. The van der Waals surface area contributed by atoms with E-state index in [-0.39, 0.29) is 12.4 Å². The molecule has 0 saturated carbocycles. The van der Waals surface area contributed by atoms with Crippen LogP contribution in [0.15, 0.2) is 12.1 Å². The molecule has 0 aliphatic heterocycles. The Labute approximate surface area is 169 Å². The number of anilines is 1. The minimum Gasteiger partial charge on any atom is -0.495 e. The summed E-state index contributed by atoms with van der Waals surface area (Å²) in [5.74, 6) is 0.313. The highest BCUT2D eigenvalue weighted by molar-refractivity contribution is 6.32. The van der Waals surface area contributed by atoms with Crippen LogP contribution < -0.4 is 14.8 Å².